The zero-order chi connectivity index (χ0) is 14.3. The molecule has 0 aliphatic carbocycles. The summed E-state index contributed by atoms with van der Waals surface area (Å²) in [5.41, 5.74) is 5.84. The molecule has 1 aliphatic heterocycles. The molecule has 1 aromatic rings. The molecular formula is C10H13ClN2O4S2. The Balaban J connectivity index is 2.36. The van der Waals surface area contributed by atoms with Crippen LogP contribution in [0.15, 0.2) is 23.1 Å². The molecule has 6 nitrogen and oxygen atoms in total. The van der Waals surface area contributed by atoms with E-state index < -0.39 is 19.9 Å². The van der Waals surface area contributed by atoms with E-state index in [9.17, 15) is 16.8 Å². The maximum Gasteiger partial charge on any atom is 0.244 e. The zero-order valence-electron chi connectivity index (χ0n) is 9.91. The Kier molecular flexibility index (Phi) is 3.78. The molecule has 0 saturated carbocycles. The normalized spacial score (nSPS) is 20.3. The van der Waals surface area contributed by atoms with Gasteiger partial charge in [0.15, 0.2) is 9.84 Å². The summed E-state index contributed by atoms with van der Waals surface area (Å²) in [5, 5.41) is 0.0719. The minimum absolute atomic E-state index is 0.0597. The highest BCUT2D eigenvalue weighted by Crippen LogP contribution is 2.27. The van der Waals surface area contributed by atoms with Crippen molar-refractivity contribution in [3.63, 3.8) is 0 Å². The van der Waals surface area contributed by atoms with E-state index in [1.54, 1.807) is 0 Å². The van der Waals surface area contributed by atoms with Crippen molar-refractivity contribution in [3.05, 3.63) is 23.2 Å². The largest absolute Gasteiger partial charge is 0.399 e. The molecule has 0 amide bonds. The molecule has 9 heteroatoms. The van der Waals surface area contributed by atoms with E-state index in [4.69, 9.17) is 17.3 Å². The number of sulfonamides is 1. The number of halogens is 1. The average molecular weight is 325 g/mol. The SMILES string of the molecule is Nc1ccc(Cl)c(S(=O)(=O)N2CCS(=O)(=O)CC2)c1. The summed E-state index contributed by atoms with van der Waals surface area (Å²) in [6.07, 6.45) is 0. The van der Waals surface area contributed by atoms with E-state index in [0.29, 0.717) is 0 Å². The Labute approximate surface area is 117 Å². The number of rotatable bonds is 2. The van der Waals surface area contributed by atoms with Gasteiger partial charge >= 0.3 is 0 Å². The summed E-state index contributed by atoms with van der Waals surface area (Å²) >= 11 is 5.88. The lowest BCUT2D eigenvalue weighted by molar-refractivity contribution is 0.431. The summed E-state index contributed by atoms with van der Waals surface area (Å²) in [6, 6.07) is 4.19. The number of anilines is 1. The van der Waals surface area contributed by atoms with Crippen molar-refractivity contribution in [2.75, 3.05) is 30.3 Å². The summed E-state index contributed by atoms with van der Waals surface area (Å²) in [4.78, 5) is -0.0894. The van der Waals surface area contributed by atoms with Gasteiger partial charge in [-0.3, -0.25) is 0 Å². The lowest BCUT2D eigenvalue weighted by atomic mass is 10.3. The number of benzene rings is 1. The molecule has 2 N–H and O–H groups in total. The van der Waals surface area contributed by atoms with E-state index in [1.807, 2.05) is 0 Å². The predicted molar refractivity (Wildman–Crippen MR) is 73.3 cm³/mol. The molecule has 1 fully saturated rings. The van der Waals surface area contributed by atoms with Crippen molar-refractivity contribution in [2.24, 2.45) is 0 Å². The molecule has 0 atom stereocenters. The third-order valence-corrected chi connectivity index (χ3v) is 6.87. The molecule has 1 heterocycles. The second-order valence-electron chi connectivity index (χ2n) is 4.25. The summed E-state index contributed by atoms with van der Waals surface area (Å²) in [7, 11) is -6.95. The Morgan fingerprint density at radius 3 is 2.37 bits per heavy atom. The van der Waals surface area contributed by atoms with Crippen LogP contribution in [-0.4, -0.2) is 45.7 Å². The highest BCUT2D eigenvalue weighted by Gasteiger charge is 2.32. The van der Waals surface area contributed by atoms with Crippen molar-refractivity contribution >= 4 is 37.1 Å². The van der Waals surface area contributed by atoms with E-state index in [1.165, 1.54) is 18.2 Å². The lowest BCUT2D eigenvalue weighted by Gasteiger charge is -2.26. The van der Waals surface area contributed by atoms with Gasteiger partial charge in [-0.25, -0.2) is 16.8 Å². The highest BCUT2D eigenvalue weighted by molar-refractivity contribution is 7.92. The molecule has 0 aromatic heterocycles. The smallest absolute Gasteiger partial charge is 0.244 e. The van der Waals surface area contributed by atoms with Crippen molar-refractivity contribution in [3.8, 4) is 0 Å². The Bertz CT molecular complexity index is 686. The summed E-state index contributed by atoms with van der Waals surface area (Å²) in [6.45, 7) is -0.119. The first kappa shape index (κ1) is 14.6. The van der Waals surface area contributed by atoms with Crippen LogP contribution in [0.1, 0.15) is 0 Å². The fraction of sp³-hybridized carbons (Fsp3) is 0.400. The zero-order valence-corrected chi connectivity index (χ0v) is 12.3. The van der Waals surface area contributed by atoms with E-state index in [2.05, 4.69) is 0 Å². The number of nitrogens with zero attached hydrogens (tertiary/aromatic N) is 1. The minimum atomic E-state index is -3.81. The molecule has 1 saturated heterocycles. The third kappa shape index (κ3) is 3.02. The van der Waals surface area contributed by atoms with E-state index in [0.717, 1.165) is 4.31 Å². The van der Waals surface area contributed by atoms with Crippen molar-refractivity contribution in [1.82, 2.24) is 4.31 Å². The number of nitrogens with two attached hydrogens (primary N) is 1. The first-order valence-electron chi connectivity index (χ1n) is 5.48. The topological polar surface area (TPSA) is 97.5 Å². The number of hydrogen-bond donors (Lipinski definition) is 1. The maximum atomic E-state index is 12.4. The number of sulfone groups is 1. The van der Waals surface area contributed by atoms with Gasteiger partial charge in [0.25, 0.3) is 0 Å². The molecule has 1 aromatic carbocycles. The molecule has 106 valence electrons. The van der Waals surface area contributed by atoms with Gasteiger partial charge < -0.3 is 5.73 Å². The van der Waals surface area contributed by atoms with Crippen LogP contribution >= 0.6 is 11.6 Å². The first-order chi connectivity index (χ1) is 8.72. The van der Waals surface area contributed by atoms with Gasteiger partial charge in [-0.15, -0.1) is 0 Å². The third-order valence-electron chi connectivity index (χ3n) is 2.88. The van der Waals surface area contributed by atoms with Crippen LogP contribution in [0.5, 0.6) is 0 Å². The van der Waals surface area contributed by atoms with Crippen LogP contribution in [0, 0.1) is 0 Å². The maximum absolute atomic E-state index is 12.4. The molecule has 0 bridgehead atoms. The first-order valence-corrected chi connectivity index (χ1v) is 9.12. The number of hydrogen-bond acceptors (Lipinski definition) is 5. The minimum Gasteiger partial charge on any atom is -0.399 e. The van der Waals surface area contributed by atoms with Crippen LogP contribution < -0.4 is 5.73 Å². The van der Waals surface area contributed by atoms with Crippen LogP contribution in [-0.2, 0) is 19.9 Å². The van der Waals surface area contributed by atoms with Gasteiger partial charge in [-0.2, -0.15) is 4.31 Å². The highest BCUT2D eigenvalue weighted by atomic mass is 35.5. The summed E-state index contributed by atoms with van der Waals surface area (Å²) in [5.74, 6) is -0.349. The average Bonchev–Trinajstić information content (AvgIpc) is 2.31. The van der Waals surface area contributed by atoms with E-state index >= 15 is 0 Å². The standard InChI is InChI=1S/C10H13ClN2O4S2/c11-9-2-1-8(12)7-10(9)19(16,17)13-3-5-18(14,15)6-4-13/h1-2,7H,3-6,12H2. The van der Waals surface area contributed by atoms with Crippen LogP contribution in [0.25, 0.3) is 0 Å². The Hall–Kier alpha value is -0.830. The second-order valence-corrected chi connectivity index (χ2v) is 8.86. The molecule has 0 unspecified atom stereocenters. The fourth-order valence-electron chi connectivity index (χ4n) is 1.79. The van der Waals surface area contributed by atoms with Crippen LogP contribution in [0.3, 0.4) is 0 Å². The van der Waals surface area contributed by atoms with Gasteiger partial charge in [0.1, 0.15) is 4.90 Å². The number of nitrogen functional groups attached to an aromatic ring is 1. The van der Waals surface area contributed by atoms with Crippen LogP contribution in [0.2, 0.25) is 5.02 Å². The summed E-state index contributed by atoms with van der Waals surface area (Å²) < 4.78 is 48.5. The van der Waals surface area contributed by atoms with Crippen molar-refractivity contribution in [2.45, 2.75) is 4.90 Å². The van der Waals surface area contributed by atoms with Gasteiger partial charge in [0.2, 0.25) is 10.0 Å². The van der Waals surface area contributed by atoms with E-state index in [-0.39, 0.29) is 40.2 Å². The Morgan fingerprint density at radius 1 is 1.21 bits per heavy atom. The fourth-order valence-corrected chi connectivity index (χ4v) is 5.18. The van der Waals surface area contributed by atoms with Gasteiger partial charge in [-0.05, 0) is 18.2 Å². The molecule has 2 rings (SSSR count). The monoisotopic (exact) mass is 324 g/mol. The molecular weight excluding hydrogens is 312 g/mol. The van der Waals surface area contributed by atoms with Crippen molar-refractivity contribution < 1.29 is 16.8 Å². The second kappa shape index (κ2) is 4.93. The van der Waals surface area contributed by atoms with Gasteiger partial charge in [0, 0.05) is 18.8 Å². The molecule has 19 heavy (non-hydrogen) atoms. The van der Waals surface area contributed by atoms with Crippen molar-refractivity contribution in [1.29, 1.82) is 0 Å². The Morgan fingerprint density at radius 2 is 1.79 bits per heavy atom. The molecule has 0 radical (unpaired) electrons. The quantitative estimate of drug-likeness (QED) is 0.791. The molecule has 0 spiro atoms. The molecule has 1 aliphatic rings. The van der Waals surface area contributed by atoms with Gasteiger partial charge in [0.05, 0.1) is 16.5 Å². The van der Waals surface area contributed by atoms with Gasteiger partial charge in [-0.1, -0.05) is 11.6 Å². The lowest BCUT2D eigenvalue weighted by Crippen LogP contribution is -2.43. The predicted octanol–water partition coefficient (Wildman–Crippen LogP) is 0.341. The van der Waals surface area contributed by atoms with Crippen LogP contribution in [0.4, 0.5) is 5.69 Å².